The largest absolute Gasteiger partial charge is 0.486 e. The van der Waals surface area contributed by atoms with Crippen LogP contribution in [0.4, 0.5) is 5.69 Å². The molecular formula is C16H22N2O3. The van der Waals surface area contributed by atoms with E-state index in [0.29, 0.717) is 19.8 Å². The van der Waals surface area contributed by atoms with E-state index in [-0.39, 0.29) is 11.9 Å². The molecule has 2 heterocycles. The molecule has 0 radical (unpaired) electrons. The molecule has 5 heteroatoms. The highest BCUT2D eigenvalue weighted by Gasteiger charge is 2.20. The van der Waals surface area contributed by atoms with Crippen LogP contribution in [0.1, 0.15) is 23.7 Å². The number of anilines is 1. The van der Waals surface area contributed by atoms with Crippen LogP contribution >= 0.6 is 0 Å². The van der Waals surface area contributed by atoms with Crippen molar-refractivity contribution in [2.75, 3.05) is 44.7 Å². The summed E-state index contributed by atoms with van der Waals surface area (Å²) in [6.07, 6.45) is 1.19. The highest BCUT2D eigenvalue weighted by Crippen LogP contribution is 2.30. The van der Waals surface area contributed by atoms with Crippen molar-refractivity contribution >= 4 is 11.5 Å². The van der Waals surface area contributed by atoms with Gasteiger partial charge in [-0.2, -0.15) is 0 Å². The molecule has 0 amide bonds. The third-order valence-electron chi connectivity index (χ3n) is 4.04. The van der Waals surface area contributed by atoms with Gasteiger partial charge >= 0.3 is 0 Å². The average molecular weight is 290 g/mol. The quantitative estimate of drug-likeness (QED) is 0.857. The number of carbonyl (C=O) groups excluding carboxylic acids is 1. The summed E-state index contributed by atoms with van der Waals surface area (Å²) < 4.78 is 11.2. The SMILES string of the molecule is CCC1CNc2cc(C(=O)CN3CCOCC3)ccc2O1. The smallest absolute Gasteiger partial charge is 0.176 e. The van der Waals surface area contributed by atoms with Gasteiger partial charge in [-0.1, -0.05) is 6.92 Å². The van der Waals surface area contributed by atoms with Crippen molar-refractivity contribution in [1.82, 2.24) is 4.90 Å². The number of fused-ring (bicyclic) bond motifs is 1. The van der Waals surface area contributed by atoms with E-state index in [9.17, 15) is 4.79 Å². The normalized spacial score (nSPS) is 22.0. The summed E-state index contributed by atoms with van der Waals surface area (Å²) in [6, 6.07) is 5.67. The summed E-state index contributed by atoms with van der Waals surface area (Å²) in [4.78, 5) is 14.5. The van der Waals surface area contributed by atoms with Gasteiger partial charge < -0.3 is 14.8 Å². The van der Waals surface area contributed by atoms with E-state index in [1.165, 1.54) is 0 Å². The van der Waals surface area contributed by atoms with Crippen LogP contribution in [0.5, 0.6) is 5.75 Å². The molecule has 1 aromatic carbocycles. The van der Waals surface area contributed by atoms with Gasteiger partial charge in [0.1, 0.15) is 11.9 Å². The van der Waals surface area contributed by atoms with Crippen LogP contribution < -0.4 is 10.1 Å². The zero-order valence-corrected chi connectivity index (χ0v) is 12.4. The Morgan fingerprint density at radius 2 is 2.19 bits per heavy atom. The monoisotopic (exact) mass is 290 g/mol. The lowest BCUT2D eigenvalue weighted by molar-refractivity contribution is 0.0371. The minimum atomic E-state index is 0.152. The van der Waals surface area contributed by atoms with E-state index >= 15 is 0 Å². The van der Waals surface area contributed by atoms with Crippen molar-refractivity contribution in [2.24, 2.45) is 0 Å². The number of nitrogens with one attached hydrogen (secondary N) is 1. The molecule has 21 heavy (non-hydrogen) atoms. The number of Topliss-reactive ketones (excluding diaryl/α,β-unsaturated/α-hetero) is 1. The zero-order valence-electron chi connectivity index (χ0n) is 12.4. The Morgan fingerprint density at radius 3 is 2.95 bits per heavy atom. The molecule has 2 aliphatic heterocycles. The van der Waals surface area contributed by atoms with E-state index in [4.69, 9.17) is 9.47 Å². The van der Waals surface area contributed by atoms with Gasteiger partial charge in [-0.15, -0.1) is 0 Å². The summed E-state index contributed by atoms with van der Waals surface area (Å²) >= 11 is 0. The molecule has 1 aromatic rings. The zero-order chi connectivity index (χ0) is 14.7. The topological polar surface area (TPSA) is 50.8 Å². The summed E-state index contributed by atoms with van der Waals surface area (Å²) in [7, 11) is 0. The lowest BCUT2D eigenvalue weighted by atomic mass is 10.1. The highest BCUT2D eigenvalue weighted by molar-refractivity contribution is 5.98. The van der Waals surface area contributed by atoms with Crippen molar-refractivity contribution in [3.8, 4) is 5.75 Å². The van der Waals surface area contributed by atoms with Gasteiger partial charge in [0.25, 0.3) is 0 Å². The molecule has 5 nitrogen and oxygen atoms in total. The second kappa shape index (κ2) is 6.45. The average Bonchev–Trinajstić information content (AvgIpc) is 2.54. The van der Waals surface area contributed by atoms with Crippen molar-refractivity contribution in [2.45, 2.75) is 19.4 Å². The molecule has 114 valence electrons. The van der Waals surface area contributed by atoms with Gasteiger partial charge in [0, 0.05) is 18.7 Å². The van der Waals surface area contributed by atoms with E-state index in [1.54, 1.807) is 0 Å². The number of morpholine rings is 1. The Hall–Kier alpha value is -1.59. The molecule has 2 aliphatic rings. The van der Waals surface area contributed by atoms with Gasteiger partial charge in [0.05, 0.1) is 32.0 Å². The van der Waals surface area contributed by atoms with Crippen LogP contribution in [0.15, 0.2) is 18.2 Å². The van der Waals surface area contributed by atoms with Gasteiger partial charge in [-0.25, -0.2) is 0 Å². The van der Waals surface area contributed by atoms with Crippen molar-refractivity contribution in [3.63, 3.8) is 0 Å². The fourth-order valence-corrected chi connectivity index (χ4v) is 2.67. The first-order chi connectivity index (χ1) is 10.3. The second-order valence-corrected chi connectivity index (χ2v) is 5.55. The molecule has 0 aromatic heterocycles. The molecule has 0 spiro atoms. The third kappa shape index (κ3) is 3.36. The van der Waals surface area contributed by atoms with Gasteiger partial charge in [0.2, 0.25) is 0 Å². The van der Waals surface area contributed by atoms with E-state index in [2.05, 4.69) is 17.1 Å². The number of ether oxygens (including phenoxy) is 2. The first-order valence-corrected chi connectivity index (χ1v) is 7.64. The Labute approximate surface area is 125 Å². The number of rotatable bonds is 4. The van der Waals surface area contributed by atoms with E-state index in [1.807, 2.05) is 18.2 Å². The first kappa shape index (κ1) is 14.4. The Balaban J connectivity index is 1.67. The molecule has 1 saturated heterocycles. The van der Waals surface area contributed by atoms with Crippen LogP contribution in [-0.2, 0) is 4.74 Å². The molecule has 0 bridgehead atoms. The fourth-order valence-electron chi connectivity index (χ4n) is 2.67. The summed E-state index contributed by atoms with van der Waals surface area (Å²) in [6.45, 7) is 6.45. The molecule has 3 rings (SSSR count). The Bertz CT molecular complexity index is 512. The number of carbonyl (C=O) groups is 1. The minimum Gasteiger partial charge on any atom is -0.486 e. The van der Waals surface area contributed by atoms with Crippen LogP contribution in [0.2, 0.25) is 0 Å². The molecular weight excluding hydrogens is 268 g/mol. The molecule has 1 unspecified atom stereocenters. The number of nitrogens with zero attached hydrogens (tertiary/aromatic N) is 1. The minimum absolute atomic E-state index is 0.152. The third-order valence-corrected chi connectivity index (χ3v) is 4.04. The summed E-state index contributed by atoms with van der Waals surface area (Å²) in [5.74, 6) is 0.995. The number of ketones is 1. The number of benzene rings is 1. The van der Waals surface area contributed by atoms with Crippen LogP contribution in [0.25, 0.3) is 0 Å². The van der Waals surface area contributed by atoms with Crippen LogP contribution in [0, 0.1) is 0 Å². The summed E-state index contributed by atoms with van der Waals surface area (Å²) in [5.41, 5.74) is 1.67. The van der Waals surface area contributed by atoms with Crippen molar-refractivity contribution < 1.29 is 14.3 Å². The van der Waals surface area contributed by atoms with Crippen LogP contribution in [0.3, 0.4) is 0 Å². The molecule has 1 atom stereocenters. The van der Waals surface area contributed by atoms with Crippen molar-refractivity contribution in [3.05, 3.63) is 23.8 Å². The molecule has 0 aliphatic carbocycles. The standard InChI is InChI=1S/C16H22N2O3/c1-2-13-10-17-14-9-12(3-4-16(14)21-13)15(19)11-18-5-7-20-8-6-18/h3-4,9,13,17H,2,5-8,10-11H2,1H3. The predicted octanol–water partition coefficient (Wildman–Crippen LogP) is 1.78. The Kier molecular flexibility index (Phi) is 4.41. The Morgan fingerprint density at radius 1 is 1.38 bits per heavy atom. The number of hydrogen-bond donors (Lipinski definition) is 1. The maximum Gasteiger partial charge on any atom is 0.176 e. The van der Waals surface area contributed by atoms with Gasteiger partial charge in [-0.05, 0) is 24.6 Å². The van der Waals surface area contributed by atoms with E-state index < -0.39 is 0 Å². The van der Waals surface area contributed by atoms with E-state index in [0.717, 1.165) is 43.1 Å². The molecule has 0 saturated carbocycles. The number of hydrogen-bond acceptors (Lipinski definition) is 5. The van der Waals surface area contributed by atoms with Crippen molar-refractivity contribution in [1.29, 1.82) is 0 Å². The van der Waals surface area contributed by atoms with Crippen LogP contribution in [-0.4, -0.2) is 56.2 Å². The second-order valence-electron chi connectivity index (χ2n) is 5.55. The summed E-state index contributed by atoms with van der Waals surface area (Å²) in [5, 5.41) is 3.35. The van der Waals surface area contributed by atoms with Gasteiger partial charge in [0.15, 0.2) is 5.78 Å². The lowest BCUT2D eigenvalue weighted by Gasteiger charge is -2.28. The molecule has 1 N–H and O–H groups in total. The first-order valence-electron chi connectivity index (χ1n) is 7.64. The lowest BCUT2D eigenvalue weighted by Crippen LogP contribution is -2.39. The maximum atomic E-state index is 12.4. The predicted molar refractivity (Wildman–Crippen MR) is 81.2 cm³/mol. The highest BCUT2D eigenvalue weighted by atomic mass is 16.5. The maximum absolute atomic E-state index is 12.4. The molecule has 1 fully saturated rings. The van der Waals surface area contributed by atoms with Gasteiger partial charge in [-0.3, -0.25) is 9.69 Å². The fraction of sp³-hybridized carbons (Fsp3) is 0.562.